The van der Waals surface area contributed by atoms with Crippen LogP contribution in [0.4, 0.5) is 5.69 Å². The minimum atomic E-state index is 0.792. The van der Waals surface area contributed by atoms with Crippen molar-refractivity contribution in [3.63, 3.8) is 0 Å². The molecule has 2 aromatic carbocycles. The molecule has 0 spiro atoms. The molecule has 0 radical (unpaired) electrons. The van der Waals surface area contributed by atoms with Gasteiger partial charge in [-0.05, 0) is 54.8 Å². The van der Waals surface area contributed by atoms with Crippen LogP contribution in [0.5, 0.6) is 11.5 Å². The average Bonchev–Trinajstić information content (AvgIpc) is 2.57. The Morgan fingerprint density at radius 3 is 2.23 bits per heavy atom. The van der Waals surface area contributed by atoms with E-state index in [0.717, 1.165) is 49.6 Å². The molecule has 118 valence electrons. The molecule has 0 aliphatic carbocycles. The number of hydrogen-bond donors (Lipinski definition) is 1. The van der Waals surface area contributed by atoms with Crippen LogP contribution in [0.1, 0.15) is 25.3 Å². The van der Waals surface area contributed by atoms with Gasteiger partial charge in [-0.2, -0.15) is 0 Å². The molecule has 0 heterocycles. The van der Waals surface area contributed by atoms with E-state index < -0.39 is 0 Å². The van der Waals surface area contributed by atoms with Crippen LogP contribution in [0.3, 0.4) is 0 Å². The van der Waals surface area contributed by atoms with Gasteiger partial charge in [-0.3, -0.25) is 0 Å². The Bertz CT molecular complexity index is 534. The molecule has 0 aliphatic heterocycles. The third-order valence-corrected chi connectivity index (χ3v) is 3.52. The number of anilines is 1. The van der Waals surface area contributed by atoms with Crippen molar-refractivity contribution in [2.45, 2.75) is 26.2 Å². The van der Waals surface area contributed by atoms with Gasteiger partial charge in [0.15, 0.2) is 0 Å². The molecule has 0 saturated heterocycles. The number of unbranched alkanes of at least 4 members (excludes halogenated alkanes) is 1. The fraction of sp³-hybridized carbons (Fsp3) is 0.368. The molecule has 0 fully saturated rings. The maximum absolute atomic E-state index is 5.66. The normalized spacial score (nSPS) is 10.3. The first-order chi connectivity index (χ1) is 10.8. The Morgan fingerprint density at radius 2 is 1.59 bits per heavy atom. The van der Waals surface area contributed by atoms with Gasteiger partial charge in [0.2, 0.25) is 0 Å². The van der Waals surface area contributed by atoms with Crippen molar-refractivity contribution in [2.24, 2.45) is 0 Å². The molecular weight excluding hydrogens is 274 g/mol. The van der Waals surface area contributed by atoms with E-state index in [2.05, 4.69) is 36.5 Å². The minimum Gasteiger partial charge on any atom is -0.497 e. The van der Waals surface area contributed by atoms with Gasteiger partial charge in [0.25, 0.3) is 0 Å². The summed E-state index contributed by atoms with van der Waals surface area (Å²) in [5, 5.41) is 3.43. The first kappa shape index (κ1) is 16.2. The SMILES string of the molecule is CCCCOc1ccc(NCCc2ccc(OC)cc2)cc1. The second-order valence-corrected chi connectivity index (χ2v) is 5.25. The Morgan fingerprint density at radius 1 is 0.909 bits per heavy atom. The van der Waals surface area contributed by atoms with E-state index in [0.29, 0.717) is 0 Å². The van der Waals surface area contributed by atoms with Crippen LogP contribution < -0.4 is 14.8 Å². The topological polar surface area (TPSA) is 30.5 Å². The summed E-state index contributed by atoms with van der Waals surface area (Å²) in [6.45, 7) is 3.86. The highest BCUT2D eigenvalue weighted by atomic mass is 16.5. The first-order valence-electron chi connectivity index (χ1n) is 7.91. The monoisotopic (exact) mass is 299 g/mol. The number of hydrogen-bond acceptors (Lipinski definition) is 3. The zero-order valence-corrected chi connectivity index (χ0v) is 13.5. The van der Waals surface area contributed by atoms with Gasteiger partial charge in [-0.25, -0.2) is 0 Å². The quantitative estimate of drug-likeness (QED) is 0.690. The highest BCUT2D eigenvalue weighted by Gasteiger charge is 1.97. The molecule has 3 nitrogen and oxygen atoms in total. The van der Waals surface area contributed by atoms with Crippen molar-refractivity contribution in [1.29, 1.82) is 0 Å². The van der Waals surface area contributed by atoms with Crippen LogP contribution in [0, 0.1) is 0 Å². The van der Waals surface area contributed by atoms with Crippen LogP contribution >= 0.6 is 0 Å². The molecule has 3 heteroatoms. The number of ether oxygens (including phenoxy) is 2. The molecule has 0 aliphatic rings. The molecule has 2 rings (SSSR count). The van der Waals surface area contributed by atoms with Crippen molar-refractivity contribution >= 4 is 5.69 Å². The van der Waals surface area contributed by atoms with Crippen molar-refractivity contribution < 1.29 is 9.47 Å². The van der Waals surface area contributed by atoms with E-state index in [9.17, 15) is 0 Å². The molecular formula is C19H25NO2. The zero-order chi connectivity index (χ0) is 15.6. The van der Waals surface area contributed by atoms with Crippen molar-refractivity contribution in [2.75, 3.05) is 25.6 Å². The van der Waals surface area contributed by atoms with E-state index in [1.54, 1.807) is 7.11 Å². The van der Waals surface area contributed by atoms with Gasteiger partial charge in [0, 0.05) is 12.2 Å². The Labute approximate surface area is 133 Å². The molecule has 22 heavy (non-hydrogen) atoms. The summed E-state index contributed by atoms with van der Waals surface area (Å²) in [7, 11) is 1.69. The highest BCUT2D eigenvalue weighted by molar-refractivity contribution is 5.46. The maximum atomic E-state index is 5.66. The second kappa shape index (κ2) is 8.98. The molecule has 0 saturated carbocycles. The fourth-order valence-corrected chi connectivity index (χ4v) is 2.15. The largest absolute Gasteiger partial charge is 0.497 e. The third kappa shape index (κ3) is 5.32. The molecule has 2 aromatic rings. The van der Waals surface area contributed by atoms with E-state index in [1.807, 2.05) is 24.3 Å². The summed E-state index contributed by atoms with van der Waals surface area (Å²) >= 11 is 0. The Balaban J connectivity index is 1.74. The summed E-state index contributed by atoms with van der Waals surface area (Å²) in [5.74, 6) is 1.84. The van der Waals surface area contributed by atoms with Crippen LogP contribution in [0.25, 0.3) is 0 Å². The summed E-state index contributed by atoms with van der Waals surface area (Å²) < 4.78 is 10.8. The van der Waals surface area contributed by atoms with Gasteiger partial charge in [-0.15, -0.1) is 0 Å². The number of rotatable bonds is 9. The van der Waals surface area contributed by atoms with Crippen LogP contribution in [-0.4, -0.2) is 20.3 Å². The predicted molar refractivity (Wildman–Crippen MR) is 92.0 cm³/mol. The zero-order valence-electron chi connectivity index (χ0n) is 13.5. The van der Waals surface area contributed by atoms with Gasteiger partial charge in [0.05, 0.1) is 13.7 Å². The van der Waals surface area contributed by atoms with Crippen LogP contribution in [0.15, 0.2) is 48.5 Å². The van der Waals surface area contributed by atoms with Crippen molar-refractivity contribution in [1.82, 2.24) is 0 Å². The lowest BCUT2D eigenvalue weighted by Crippen LogP contribution is -2.04. The van der Waals surface area contributed by atoms with Gasteiger partial charge in [0.1, 0.15) is 11.5 Å². The number of benzene rings is 2. The molecule has 0 atom stereocenters. The van der Waals surface area contributed by atoms with E-state index >= 15 is 0 Å². The molecule has 1 N–H and O–H groups in total. The molecule has 0 bridgehead atoms. The second-order valence-electron chi connectivity index (χ2n) is 5.25. The standard InChI is InChI=1S/C19H25NO2/c1-3-4-15-22-19-11-7-17(8-12-19)20-14-13-16-5-9-18(21-2)10-6-16/h5-12,20H,3-4,13-15H2,1-2H3. The van der Waals surface area contributed by atoms with E-state index in [4.69, 9.17) is 9.47 Å². The molecule has 0 unspecified atom stereocenters. The summed E-state index contributed by atoms with van der Waals surface area (Å²) in [5.41, 5.74) is 2.42. The molecule has 0 aromatic heterocycles. The first-order valence-corrected chi connectivity index (χ1v) is 7.91. The maximum Gasteiger partial charge on any atom is 0.119 e. The number of nitrogens with one attached hydrogen (secondary N) is 1. The van der Waals surface area contributed by atoms with Gasteiger partial charge >= 0.3 is 0 Å². The average molecular weight is 299 g/mol. The third-order valence-electron chi connectivity index (χ3n) is 3.52. The van der Waals surface area contributed by atoms with E-state index in [1.165, 1.54) is 5.56 Å². The Hall–Kier alpha value is -2.16. The fourth-order valence-electron chi connectivity index (χ4n) is 2.15. The Kier molecular flexibility index (Phi) is 6.62. The van der Waals surface area contributed by atoms with E-state index in [-0.39, 0.29) is 0 Å². The summed E-state index contributed by atoms with van der Waals surface area (Å²) in [6, 6.07) is 16.4. The van der Waals surface area contributed by atoms with Crippen molar-refractivity contribution in [3.8, 4) is 11.5 Å². The van der Waals surface area contributed by atoms with Crippen LogP contribution in [-0.2, 0) is 6.42 Å². The predicted octanol–water partition coefficient (Wildman–Crippen LogP) is 4.53. The van der Waals surface area contributed by atoms with Crippen molar-refractivity contribution in [3.05, 3.63) is 54.1 Å². The lowest BCUT2D eigenvalue weighted by atomic mass is 10.1. The lowest BCUT2D eigenvalue weighted by molar-refractivity contribution is 0.309. The molecule has 0 amide bonds. The van der Waals surface area contributed by atoms with Crippen LogP contribution in [0.2, 0.25) is 0 Å². The smallest absolute Gasteiger partial charge is 0.119 e. The lowest BCUT2D eigenvalue weighted by Gasteiger charge is -2.09. The van der Waals surface area contributed by atoms with Gasteiger partial charge in [-0.1, -0.05) is 25.5 Å². The minimum absolute atomic E-state index is 0.792. The summed E-state index contributed by atoms with van der Waals surface area (Å²) in [6.07, 6.45) is 3.24. The number of methoxy groups -OCH3 is 1. The summed E-state index contributed by atoms with van der Waals surface area (Å²) in [4.78, 5) is 0. The van der Waals surface area contributed by atoms with Gasteiger partial charge < -0.3 is 14.8 Å². The highest BCUT2D eigenvalue weighted by Crippen LogP contribution is 2.16.